The fraction of sp³-hybridized carbons (Fsp3) is 0. The maximum Gasteiger partial charge on any atom is 0 e. The van der Waals surface area contributed by atoms with Gasteiger partial charge in [0, 0.05) is 85.3 Å². The smallest absolute Gasteiger partial charge is 0 e. The molecule has 59 heteroatoms. The first-order chi connectivity index (χ1) is 54.0. The predicted octanol–water partition coefficient (Wildman–Crippen LogP) is -14.8. The van der Waals surface area contributed by atoms with Crippen molar-refractivity contribution in [1.82, 2.24) is 0 Å². The molecular formula is C54H54Fe5O54-54. The third-order valence-electron chi connectivity index (χ3n) is 0. The van der Waals surface area contributed by atoms with Crippen molar-refractivity contribution in [3.05, 3.63) is 0 Å². The second kappa shape index (κ2) is 3830. The van der Waals surface area contributed by atoms with Gasteiger partial charge in [-0.2, -0.15) is 0 Å². The third kappa shape index (κ3) is 3750. The molecule has 0 spiro atoms. The standard InChI is InChI=1S/54CHO.5Fe/c54*1-2;;;;;/h54*1H;;;;;/q54*-1;;;;;. The van der Waals surface area contributed by atoms with E-state index in [0.717, 1.165) is 0 Å². The van der Waals surface area contributed by atoms with Gasteiger partial charge in [-0.05, 0) is 0 Å². The number of carbonyl (C=O) groups excluding carboxylic acids is 54. The van der Waals surface area contributed by atoms with Crippen LogP contribution in [0.3, 0.4) is 0 Å². The van der Waals surface area contributed by atoms with E-state index in [4.69, 9.17) is 259 Å². The fourth-order valence-corrected chi connectivity index (χ4v) is 0. The Morgan fingerprint density at radius 1 is 0.0354 bits per heavy atom. The first kappa shape index (κ1) is 609. The van der Waals surface area contributed by atoms with Crippen LogP contribution in [0.25, 0.3) is 0 Å². The molecule has 0 fully saturated rings. The molecule has 0 aromatic rings. The van der Waals surface area contributed by atoms with E-state index in [-0.39, 0.29) is 85.3 Å². The van der Waals surface area contributed by atoms with E-state index >= 15 is 0 Å². The number of hydrogen-bond acceptors (Lipinski definition) is 54. The van der Waals surface area contributed by atoms with Crippen LogP contribution in [0.1, 0.15) is 0 Å². The van der Waals surface area contributed by atoms with Gasteiger partial charge in [-0.15, -0.1) is 0 Å². The van der Waals surface area contributed by atoms with E-state index < -0.39 is 0 Å². The minimum absolute atomic E-state index is 0. The maximum atomic E-state index is 7.75. The van der Waals surface area contributed by atoms with Crippen molar-refractivity contribution < 1.29 is 344 Å². The number of hydrogen-bond donors (Lipinski definition) is 0. The normalized spacial score (nSPS) is 1.91. The summed E-state index contributed by atoms with van der Waals surface area (Å²) in [5, 5.41) is 0. The molecule has 0 N–H and O–H groups in total. The predicted molar refractivity (Wildman–Crippen MR) is 365 cm³/mol. The summed E-state index contributed by atoms with van der Waals surface area (Å²) in [4.78, 5) is 418. The van der Waals surface area contributed by atoms with Crippen molar-refractivity contribution >= 4 is 367 Å². The molecule has 0 saturated carbocycles. The summed E-state index contributed by atoms with van der Waals surface area (Å²) in [6, 6.07) is 0. The van der Waals surface area contributed by atoms with Crippen molar-refractivity contribution in [2.45, 2.75) is 0 Å². The van der Waals surface area contributed by atoms with Crippen molar-refractivity contribution in [2.75, 3.05) is 0 Å². The van der Waals surface area contributed by atoms with Crippen LogP contribution in [0, 0.1) is 0 Å². The molecule has 0 bridgehead atoms. The largest absolute Gasteiger partial charge is 0.545 e. The van der Waals surface area contributed by atoms with Gasteiger partial charge in [0.1, 0.15) is 0 Å². The van der Waals surface area contributed by atoms with Gasteiger partial charge in [-0.1, -0.05) is 0 Å². The summed E-state index contributed by atoms with van der Waals surface area (Å²) in [6.07, 6.45) is 0. The van der Waals surface area contributed by atoms with Crippen LogP contribution < -0.4 is 0 Å². The van der Waals surface area contributed by atoms with Crippen LogP contribution in [0.4, 0.5) is 0 Å². The molecule has 0 amide bonds. The quantitative estimate of drug-likeness (QED) is 0.123. The Hall–Kier alpha value is -15.2. The molecule has 0 atom stereocenters. The zero-order valence-corrected chi connectivity index (χ0v) is 60.5. The van der Waals surface area contributed by atoms with Crippen molar-refractivity contribution in [1.29, 1.82) is 0 Å². The van der Waals surface area contributed by atoms with E-state index in [0.29, 0.717) is 0 Å². The van der Waals surface area contributed by atoms with Gasteiger partial charge in [0.15, 0.2) is 0 Å². The molecule has 0 radical (unpaired) electrons. The number of rotatable bonds is 0. The van der Waals surface area contributed by atoms with E-state index in [9.17, 15) is 0 Å². The average Bonchev–Trinajstić information content (AvgIpc) is 3.92. The summed E-state index contributed by atoms with van der Waals surface area (Å²) >= 11 is 0. The summed E-state index contributed by atoms with van der Waals surface area (Å²) in [5.74, 6) is 0. The molecule has 113 heavy (non-hydrogen) atoms. The Morgan fingerprint density at radius 2 is 0.0354 bits per heavy atom. The van der Waals surface area contributed by atoms with E-state index in [1.807, 2.05) is 0 Å². The zero-order chi connectivity index (χ0) is 108. The van der Waals surface area contributed by atoms with Crippen molar-refractivity contribution in [3.63, 3.8) is 0 Å². The minimum Gasteiger partial charge on any atom is -0.545 e. The second-order valence-electron chi connectivity index (χ2n) is 0. The van der Waals surface area contributed by atoms with E-state index in [2.05, 4.69) is 367 Å². The van der Waals surface area contributed by atoms with Crippen molar-refractivity contribution in [3.8, 4) is 0 Å². The maximum absolute atomic E-state index is 7.75. The molecule has 0 aromatic carbocycles. The van der Waals surface area contributed by atoms with Crippen LogP contribution in [-0.4, -0.2) is 367 Å². The van der Waals surface area contributed by atoms with Gasteiger partial charge in [-0.25, -0.2) is 0 Å². The van der Waals surface area contributed by atoms with Gasteiger partial charge in [0.2, 0.25) is 0 Å². The second-order valence-corrected chi connectivity index (χ2v) is 0. The minimum atomic E-state index is 0. The SMILES string of the molecule is [CH-]=O.[CH-]=O.[CH-]=O.[CH-]=O.[CH-]=O.[CH-]=O.[CH-]=O.[CH-]=O.[CH-]=O.[CH-]=O.[CH-]=O.[CH-]=O.[CH-]=O.[CH-]=O.[CH-]=O.[CH-]=O.[CH-]=O.[CH-]=O.[CH-]=O.[CH-]=O.[CH-]=O.[CH-]=O.[CH-]=O.[CH-]=O.[CH-]=O.[CH-]=O.[CH-]=O.[CH-]=O.[CH-]=O.[CH-]=O.[CH-]=O.[CH-]=O.[CH-]=O.[CH-]=O.[CH-]=O.[CH-]=O.[CH-]=O.[CH-]=O.[CH-]=O.[CH-]=O.[CH-]=O.[CH-]=O.[CH-]=O.[CH-]=O.[CH-]=O.[CH-]=O.[CH-]=O.[CH-]=O.[CH-]=O.[CH-]=O.[CH-]=O.[CH-]=O.[CH-]=O.[CH-]=O.[Fe].[Fe].[Fe].[Fe].[Fe]. The first-order valence-electron chi connectivity index (χ1n) is 12.7. The molecule has 0 aliphatic rings. The van der Waals surface area contributed by atoms with Gasteiger partial charge >= 0.3 is 0 Å². The Bertz CT molecular complexity index is 448. The molecule has 0 saturated heterocycles. The first-order valence-corrected chi connectivity index (χ1v) is 12.7. The Labute approximate surface area is 707 Å². The molecular weight excluding hydrogens is 1790 g/mol. The molecule has 0 aliphatic heterocycles. The Morgan fingerprint density at radius 3 is 0.0354 bits per heavy atom. The van der Waals surface area contributed by atoms with Gasteiger partial charge in [0.05, 0.1) is 0 Å². The third-order valence-corrected chi connectivity index (χ3v) is 0. The summed E-state index contributed by atoms with van der Waals surface area (Å²) in [7, 11) is 0. The van der Waals surface area contributed by atoms with E-state index in [1.54, 1.807) is 0 Å². The van der Waals surface area contributed by atoms with E-state index in [1.165, 1.54) is 0 Å². The summed E-state index contributed by atoms with van der Waals surface area (Å²) in [6.45, 7) is 176. The van der Waals surface area contributed by atoms with Crippen LogP contribution >= 0.6 is 0 Å². The monoisotopic (exact) mass is 1850 g/mol. The van der Waals surface area contributed by atoms with Gasteiger partial charge in [-0.3, -0.25) is 367 Å². The summed E-state index contributed by atoms with van der Waals surface area (Å²) < 4.78 is 0. The molecule has 54 nitrogen and oxygen atoms in total. The van der Waals surface area contributed by atoms with Crippen LogP contribution in [0.2, 0.25) is 0 Å². The Kier molecular flexibility index (Phi) is 20600. The van der Waals surface area contributed by atoms with Gasteiger partial charge in [0.25, 0.3) is 0 Å². The van der Waals surface area contributed by atoms with Crippen LogP contribution in [0.5, 0.6) is 0 Å². The van der Waals surface area contributed by atoms with Crippen LogP contribution in [-0.2, 0) is 344 Å². The molecule has 0 unspecified atom stereocenters. The molecule has 0 rings (SSSR count). The topological polar surface area (TPSA) is 922 Å². The average molecular weight is 1850 g/mol. The fourth-order valence-electron chi connectivity index (χ4n) is 0. The van der Waals surface area contributed by atoms with Crippen LogP contribution in [0.15, 0.2) is 0 Å². The molecule has 688 valence electrons. The zero-order valence-electron chi connectivity index (χ0n) is 55.0. The van der Waals surface area contributed by atoms with Crippen molar-refractivity contribution in [2.24, 2.45) is 0 Å². The summed E-state index contributed by atoms with van der Waals surface area (Å²) in [5.41, 5.74) is 0. The molecule has 0 heterocycles. The Balaban J connectivity index is -0.00000000461. The molecule has 0 aromatic heterocycles. The molecule has 0 aliphatic carbocycles. The van der Waals surface area contributed by atoms with Gasteiger partial charge < -0.3 is 259 Å².